The fraction of sp³-hybridized carbons (Fsp3) is 0.500. The zero-order valence-corrected chi connectivity index (χ0v) is 13.2. The van der Waals surface area contributed by atoms with E-state index in [9.17, 15) is 13.6 Å². The van der Waals surface area contributed by atoms with Crippen molar-refractivity contribution in [3.05, 3.63) is 35.4 Å². The Hall–Kier alpha value is -2.02. The molecule has 1 fully saturated rings. The van der Waals surface area contributed by atoms with Crippen LogP contribution >= 0.6 is 0 Å². The van der Waals surface area contributed by atoms with E-state index in [1.54, 1.807) is 11.1 Å². The molecule has 124 valence electrons. The van der Waals surface area contributed by atoms with E-state index < -0.39 is 17.7 Å². The Kier molecular flexibility index (Phi) is 4.30. The SMILES string of the molecule is C[C@@H]1CNC[C@H](C)N1C(=O)N1N=CCC1c1cc(F)cc(F)c1. The van der Waals surface area contributed by atoms with Gasteiger partial charge in [-0.1, -0.05) is 0 Å². The number of nitrogens with one attached hydrogen (secondary N) is 1. The molecule has 5 nitrogen and oxygen atoms in total. The van der Waals surface area contributed by atoms with E-state index in [1.807, 2.05) is 13.8 Å². The van der Waals surface area contributed by atoms with E-state index in [0.29, 0.717) is 25.1 Å². The van der Waals surface area contributed by atoms with Gasteiger partial charge in [-0.2, -0.15) is 5.10 Å². The zero-order valence-electron chi connectivity index (χ0n) is 13.2. The van der Waals surface area contributed by atoms with Gasteiger partial charge < -0.3 is 10.2 Å². The predicted molar refractivity (Wildman–Crippen MR) is 83.1 cm³/mol. The van der Waals surface area contributed by atoms with Crippen LogP contribution in [0.2, 0.25) is 0 Å². The summed E-state index contributed by atoms with van der Waals surface area (Å²) < 4.78 is 27.0. The quantitative estimate of drug-likeness (QED) is 0.863. The van der Waals surface area contributed by atoms with Crippen LogP contribution in [0.3, 0.4) is 0 Å². The number of amides is 2. The van der Waals surface area contributed by atoms with Crippen molar-refractivity contribution in [2.75, 3.05) is 13.1 Å². The summed E-state index contributed by atoms with van der Waals surface area (Å²) in [4.78, 5) is 14.7. The minimum Gasteiger partial charge on any atom is -0.315 e. The van der Waals surface area contributed by atoms with Gasteiger partial charge >= 0.3 is 6.03 Å². The van der Waals surface area contributed by atoms with Gasteiger partial charge in [-0.3, -0.25) is 0 Å². The van der Waals surface area contributed by atoms with Gasteiger partial charge in [0.25, 0.3) is 0 Å². The number of rotatable bonds is 1. The van der Waals surface area contributed by atoms with Crippen molar-refractivity contribution in [1.29, 1.82) is 0 Å². The average molecular weight is 322 g/mol. The van der Waals surface area contributed by atoms with E-state index in [1.165, 1.54) is 17.1 Å². The number of urea groups is 1. The van der Waals surface area contributed by atoms with E-state index in [0.717, 1.165) is 6.07 Å². The second kappa shape index (κ2) is 6.23. The molecule has 1 unspecified atom stereocenters. The number of hydrazone groups is 1. The largest absolute Gasteiger partial charge is 0.341 e. The summed E-state index contributed by atoms with van der Waals surface area (Å²) >= 11 is 0. The fourth-order valence-electron chi connectivity index (χ4n) is 3.27. The molecule has 1 N–H and O–H groups in total. The maximum Gasteiger partial charge on any atom is 0.341 e. The van der Waals surface area contributed by atoms with Gasteiger partial charge in [0.2, 0.25) is 0 Å². The summed E-state index contributed by atoms with van der Waals surface area (Å²) in [6.07, 6.45) is 2.06. The van der Waals surface area contributed by atoms with Crippen LogP contribution < -0.4 is 5.32 Å². The molecule has 7 heteroatoms. The van der Waals surface area contributed by atoms with E-state index in [2.05, 4.69) is 10.4 Å². The summed E-state index contributed by atoms with van der Waals surface area (Å²) in [6, 6.07) is 2.71. The maximum atomic E-state index is 13.5. The normalized spacial score (nSPS) is 27.6. The highest BCUT2D eigenvalue weighted by Crippen LogP contribution is 2.31. The average Bonchev–Trinajstić information content (AvgIpc) is 2.95. The second-order valence-electron chi connectivity index (χ2n) is 6.14. The van der Waals surface area contributed by atoms with Gasteiger partial charge in [0.1, 0.15) is 11.6 Å². The molecule has 0 saturated carbocycles. The van der Waals surface area contributed by atoms with Crippen LogP contribution in [0, 0.1) is 11.6 Å². The Bertz CT molecular complexity index is 606. The molecule has 2 aliphatic heterocycles. The van der Waals surface area contributed by atoms with Crippen molar-refractivity contribution in [2.45, 2.75) is 38.4 Å². The first-order valence-electron chi connectivity index (χ1n) is 7.78. The highest BCUT2D eigenvalue weighted by molar-refractivity contribution is 5.79. The molecule has 3 atom stereocenters. The number of benzene rings is 1. The highest BCUT2D eigenvalue weighted by Gasteiger charge is 2.37. The zero-order chi connectivity index (χ0) is 16.6. The molecule has 1 aromatic carbocycles. The summed E-state index contributed by atoms with van der Waals surface area (Å²) in [5.41, 5.74) is 0.420. The molecule has 1 aromatic rings. The Labute approximate surface area is 133 Å². The molecule has 3 rings (SSSR count). The van der Waals surface area contributed by atoms with Crippen molar-refractivity contribution in [2.24, 2.45) is 5.10 Å². The highest BCUT2D eigenvalue weighted by atomic mass is 19.1. The number of hydrogen-bond donors (Lipinski definition) is 1. The minimum absolute atomic E-state index is 0.0342. The Morgan fingerprint density at radius 2 is 1.78 bits per heavy atom. The standard InChI is InChI=1S/C16H20F2N4O/c1-10-8-19-9-11(2)21(10)16(23)22-15(3-4-20-22)12-5-13(17)7-14(18)6-12/h4-7,10-11,15,19H,3,8-9H2,1-2H3/t10-,11+,15?. The fourth-order valence-corrected chi connectivity index (χ4v) is 3.27. The molecule has 0 bridgehead atoms. The van der Waals surface area contributed by atoms with Gasteiger partial charge in [-0.25, -0.2) is 18.6 Å². The lowest BCUT2D eigenvalue weighted by Crippen LogP contribution is -2.59. The molecule has 0 aliphatic carbocycles. The molecular weight excluding hydrogens is 302 g/mol. The van der Waals surface area contributed by atoms with Gasteiger partial charge in [-0.05, 0) is 31.5 Å². The molecule has 2 aliphatic rings. The summed E-state index contributed by atoms with van der Waals surface area (Å²) in [5, 5.41) is 8.76. The van der Waals surface area contributed by atoms with Crippen molar-refractivity contribution in [1.82, 2.24) is 15.2 Å². The smallest absolute Gasteiger partial charge is 0.315 e. The number of carbonyl (C=O) groups excluding carboxylic acids is 1. The molecule has 0 radical (unpaired) electrons. The first kappa shape index (κ1) is 15.9. The molecule has 0 spiro atoms. The van der Waals surface area contributed by atoms with Crippen molar-refractivity contribution >= 4 is 12.2 Å². The van der Waals surface area contributed by atoms with Crippen LogP contribution in [0.15, 0.2) is 23.3 Å². The van der Waals surface area contributed by atoms with Gasteiger partial charge in [0.15, 0.2) is 0 Å². The third-order valence-electron chi connectivity index (χ3n) is 4.35. The molecule has 2 amide bonds. The predicted octanol–water partition coefficient (Wildman–Crippen LogP) is 2.50. The topological polar surface area (TPSA) is 47.9 Å². The molecular formula is C16H20F2N4O. The number of piperazine rings is 1. The van der Waals surface area contributed by atoms with E-state index >= 15 is 0 Å². The molecule has 0 aromatic heterocycles. The molecule has 23 heavy (non-hydrogen) atoms. The Morgan fingerprint density at radius 3 is 2.39 bits per heavy atom. The third-order valence-corrected chi connectivity index (χ3v) is 4.35. The van der Waals surface area contributed by atoms with Gasteiger partial charge in [-0.15, -0.1) is 0 Å². The lowest BCUT2D eigenvalue weighted by atomic mass is 10.0. The van der Waals surface area contributed by atoms with Crippen LogP contribution in [0.4, 0.5) is 13.6 Å². The van der Waals surface area contributed by atoms with Crippen LogP contribution in [-0.4, -0.2) is 47.3 Å². The van der Waals surface area contributed by atoms with E-state index in [4.69, 9.17) is 0 Å². The van der Waals surface area contributed by atoms with Gasteiger partial charge in [0.05, 0.1) is 6.04 Å². The Morgan fingerprint density at radius 1 is 1.17 bits per heavy atom. The van der Waals surface area contributed by atoms with Crippen molar-refractivity contribution < 1.29 is 13.6 Å². The van der Waals surface area contributed by atoms with Crippen molar-refractivity contribution in [3.63, 3.8) is 0 Å². The maximum absolute atomic E-state index is 13.5. The second-order valence-corrected chi connectivity index (χ2v) is 6.14. The monoisotopic (exact) mass is 322 g/mol. The summed E-state index contributed by atoms with van der Waals surface area (Å²) in [5.74, 6) is -1.30. The number of carbonyl (C=O) groups is 1. The first-order valence-corrected chi connectivity index (χ1v) is 7.78. The number of halogens is 2. The Balaban J connectivity index is 1.85. The van der Waals surface area contributed by atoms with Crippen LogP contribution in [0.5, 0.6) is 0 Å². The lowest BCUT2D eigenvalue weighted by Gasteiger charge is -2.41. The number of hydrogen-bond acceptors (Lipinski definition) is 3. The molecule has 1 saturated heterocycles. The van der Waals surface area contributed by atoms with Gasteiger partial charge in [0, 0.05) is 43.9 Å². The lowest BCUT2D eigenvalue weighted by molar-refractivity contribution is 0.0920. The number of nitrogens with zero attached hydrogens (tertiary/aromatic N) is 3. The van der Waals surface area contributed by atoms with Crippen LogP contribution in [-0.2, 0) is 0 Å². The molecule has 2 heterocycles. The third kappa shape index (κ3) is 3.06. The van der Waals surface area contributed by atoms with E-state index in [-0.39, 0.29) is 18.1 Å². The summed E-state index contributed by atoms with van der Waals surface area (Å²) in [6.45, 7) is 5.37. The minimum atomic E-state index is -0.650. The van der Waals surface area contributed by atoms with Crippen LogP contribution in [0.1, 0.15) is 31.9 Å². The summed E-state index contributed by atoms with van der Waals surface area (Å²) in [7, 11) is 0. The van der Waals surface area contributed by atoms with Crippen molar-refractivity contribution in [3.8, 4) is 0 Å². The first-order chi connectivity index (χ1) is 11.0. The van der Waals surface area contributed by atoms with Crippen LogP contribution in [0.25, 0.3) is 0 Å².